The van der Waals surface area contributed by atoms with Crippen LogP contribution >= 0.6 is 0 Å². The molecule has 0 atom stereocenters. The van der Waals surface area contributed by atoms with Gasteiger partial charge >= 0.3 is 0 Å². The van der Waals surface area contributed by atoms with E-state index < -0.39 is 0 Å². The Morgan fingerprint density at radius 1 is 1.24 bits per heavy atom. The summed E-state index contributed by atoms with van der Waals surface area (Å²) in [6.07, 6.45) is 3.10. The molecule has 0 saturated carbocycles. The largest absolute Gasteiger partial charge is 0.357 e. The molecule has 0 aliphatic carbocycles. The van der Waals surface area contributed by atoms with Gasteiger partial charge in [0.1, 0.15) is 5.82 Å². The first kappa shape index (κ1) is 21.4. The molecule has 0 aliphatic rings. The van der Waals surface area contributed by atoms with Crippen LogP contribution in [0, 0.1) is 12.7 Å². The van der Waals surface area contributed by atoms with Crippen LogP contribution in [0.25, 0.3) is 0 Å². The van der Waals surface area contributed by atoms with E-state index in [-0.39, 0.29) is 5.82 Å². The summed E-state index contributed by atoms with van der Waals surface area (Å²) in [5.74, 6) is 0.687. The van der Waals surface area contributed by atoms with E-state index in [2.05, 4.69) is 48.3 Å². The van der Waals surface area contributed by atoms with Gasteiger partial charge in [0.05, 0.1) is 0 Å². The summed E-state index contributed by atoms with van der Waals surface area (Å²) in [5.41, 5.74) is 2.17. The summed E-state index contributed by atoms with van der Waals surface area (Å²) < 4.78 is 13.1. The maximum Gasteiger partial charge on any atom is 0.191 e. The molecule has 0 amide bonds. The minimum Gasteiger partial charge on any atom is -0.357 e. The molecule has 25 heavy (non-hydrogen) atoms. The molecule has 142 valence electrons. The average Bonchev–Trinajstić information content (AvgIpc) is 2.56. The van der Waals surface area contributed by atoms with Gasteiger partial charge in [-0.05, 0) is 83.8 Å². The number of nitrogens with one attached hydrogen (secondary N) is 2. The molecule has 5 heteroatoms. The summed E-state index contributed by atoms with van der Waals surface area (Å²) >= 11 is 0. The molecule has 0 aromatic heterocycles. The number of nitrogens with zero attached hydrogens (tertiary/aromatic N) is 2. The van der Waals surface area contributed by atoms with Crippen molar-refractivity contribution in [3.8, 4) is 0 Å². The molecule has 4 nitrogen and oxygen atoms in total. The van der Waals surface area contributed by atoms with Crippen LogP contribution < -0.4 is 10.6 Å². The fourth-order valence-electron chi connectivity index (χ4n) is 2.52. The van der Waals surface area contributed by atoms with Crippen LogP contribution in [0.15, 0.2) is 23.2 Å². The molecule has 0 aliphatic heterocycles. The van der Waals surface area contributed by atoms with Crippen LogP contribution in [0.4, 0.5) is 4.39 Å². The average molecular weight is 351 g/mol. The number of hydrogen-bond acceptors (Lipinski definition) is 2. The Balaban J connectivity index is 2.35. The number of aliphatic imine (C=N–C) groups is 1. The minimum absolute atomic E-state index is 0.174. The molecular formula is C20H35FN4. The molecular weight excluding hydrogens is 315 g/mol. The topological polar surface area (TPSA) is 39.7 Å². The van der Waals surface area contributed by atoms with Gasteiger partial charge in [-0.15, -0.1) is 0 Å². The SMILES string of the molecule is CCNC(=NCCCCN(C)C(C)C)NCCc1ccc(F)cc1C. The first-order valence-electron chi connectivity index (χ1n) is 9.41. The summed E-state index contributed by atoms with van der Waals surface area (Å²) in [4.78, 5) is 7.00. The smallest absolute Gasteiger partial charge is 0.191 e. The Labute approximate surface area is 152 Å². The first-order valence-corrected chi connectivity index (χ1v) is 9.41. The molecule has 0 heterocycles. The molecule has 0 radical (unpaired) electrons. The quantitative estimate of drug-likeness (QED) is 0.386. The lowest BCUT2D eigenvalue weighted by molar-refractivity contribution is 0.269. The van der Waals surface area contributed by atoms with Crippen LogP contribution in [0.1, 0.15) is 44.7 Å². The highest BCUT2D eigenvalue weighted by Crippen LogP contribution is 2.10. The molecule has 1 aromatic rings. The fourth-order valence-corrected chi connectivity index (χ4v) is 2.52. The highest BCUT2D eigenvalue weighted by atomic mass is 19.1. The maximum absolute atomic E-state index is 13.1. The van der Waals surface area contributed by atoms with Gasteiger partial charge in [-0.2, -0.15) is 0 Å². The highest BCUT2D eigenvalue weighted by Gasteiger charge is 2.03. The van der Waals surface area contributed by atoms with Crippen molar-refractivity contribution in [2.45, 2.75) is 53.0 Å². The fraction of sp³-hybridized carbons (Fsp3) is 0.650. The van der Waals surface area contributed by atoms with Crippen LogP contribution in [0.2, 0.25) is 0 Å². The molecule has 0 unspecified atom stereocenters. The van der Waals surface area contributed by atoms with Crippen LogP contribution in [-0.2, 0) is 6.42 Å². The van der Waals surface area contributed by atoms with E-state index in [0.717, 1.165) is 57.0 Å². The van der Waals surface area contributed by atoms with Crippen molar-refractivity contribution < 1.29 is 4.39 Å². The Bertz CT molecular complexity index is 528. The predicted molar refractivity (Wildman–Crippen MR) is 106 cm³/mol. The van der Waals surface area contributed by atoms with Crippen molar-refractivity contribution in [3.05, 3.63) is 35.1 Å². The zero-order valence-corrected chi connectivity index (χ0v) is 16.5. The third-order valence-corrected chi connectivity index (χ3v) is 4.41. The number of halogens is 1. The molecule has 1 rings (SSSR count). The van der Waals surface area contributed by atoms with Gasteiger partial charge in [-0.3, -0.25) is 4.99 Å². The minimum atomic E-state index is -0.174. The predicted octanol–water partition coefficient (Wildman–Crippen LogP) is 3.35. The van der Waals surface area contributed by atoms with E-state index in [4.69, 9.17) is 0 Å². The van der Waals surface area contributed by atoms with E-state index >= 15 is 0 Å². The van der Waals surface area contributed by atoms with E-state index in [1.54, 1.807) is 6.07 Å². The third kappa shape index (κ3) is 8.87. The summed E-state index contributed by atoms with van der Waals surface area (Å²) in [5, 5.41) is 6.64. The molecule has 0 spiro atoms. The Kier molecular flexibility index (Phi) is 10.2. The molecule has 1 aromatic carbocycles. The standard InChI is InChI=1S/C20H35FN4/c1-6-22-20(23-12-7-8-14-25(5)16(2)3)24-13-11-18-9-10-19(21)15-17(18)4/h9-10,15-16H,6-8,11-14H2,1-5H3,(H2,22,23,24). The molecule has 0 fully saturated rings. The number of aryl methyl sites for hydroxylation is 1. The van der Waals surface area contributed by atoms with Gasteiger partial charge in [0.2, 0.25) is 0 Å². The first-order chi connectivity index (χ1) is 11.9. The zero-order valence-electron chi connectivity index (χ0n) is 16.5. The van der Waals surface area contributed by atoms with Gasteiger partial charge in [0, 0.05) is 25.7 Å². The van der Waals surface area contributed by atoms with E-state index in [0.29, 0.717) is 6.04 Å². The zero-order chi connectivity index (χ0) is 18.7. The normalized spacial score (nSPS) is 12.1. The number of guanidine groups is 1. The van der Waals surface area contributed by atoms with Crippen LogP contribution in [-0.4, -0.2) is 50.1 Å². The van der Waals surface area contributed by atoms with Crippen LogP contribution in [0.5, 0.6) is 0 Å². The second-order valence-corrected chi connectivity index (χ2v) is 6.79. The van der Waals surface area contributed by atoms with Gasteiger partial charge in [-0.1, -0.05) is 6.07 Å². The number of hydrogen-bond donors (Lipinski definition) is 2. The van der Waals surface area contributed by atoms with Crippen molar-refractivity contribution in [2.24, 2.45) is 4.99 Å². The van der Waals surface area contributed by atoms with Crippen molar-refractivity contribution in [1.29, 1.82) is 0 Å². The van der Waals surface area contributed by atoms with E-state index in [1.807, 2.05) is 13.0 Å². The Hall–Kier alpha value is -1.62. The second-order valence-electron chi connectivity index (χ2n) is 6.79. The summed E-state index contributed by atoms with van der Waals surface area (Å²) in [6.45, 7) is 12.0. The van der Waals surface area contributed by atoms with E-state index in [9.17, 15) is 4.39 Å². The monoisotopic (exact) mass is 350 g/mol. The molecule has 0 bridgehead atoms. The number of rotatable bonds is 10. The molecule has 2 N–H and O–H groups in total. The highest BCUT2D eigenvalue weighted by molar-refractivity contribution is 5.79. The van der Waals surface area contributed by atoms with Crippen molar-refractivity contribution in [1.82, 2.24) is 15.5 Å². The maximum atomic E-state index is 13.1. The van der Waals surface area contributed by atoms with Gasteiger partial charge in [0.25, 0.3) is 0 Å². The van der Waals surface area contributed by atoms with Crippen molar-refractivity contribution >= 4 is 5.96 Å². The molecule has 0 saturated heterocycles. The number of unbranched alkanes of at least 4 members (excludes halogenated alkanes) is 1. The lowest BCUT2D eigenvalue weighted by Gasteiger charge is -2.20. The van der Waals surface area contributed by atoms with Crippen molar-refractivity contribution in [2.75, 3.05) is 33.2 Å². The third-order valence-electron chi connectivity index (χ3n) is 4.41. The van der Waals surface area contributed by atoms with Gasteiger partial charge in [-0.25, -0.2) is 4.39 Å². The summed E-state index contributed by atoms with van der Waals surface area (Å²) in [7, 11) is 2.16. The van der Waals surface area contributed by atoms with Crippen LogP contribution in [0.3, 0.4) is 0 Å². The summed E-state index contributed by atoms with van der Waals surface area (Å²) in [6, 6.07) is 5.57. The van der Waals surface area contributed by atoms with Crippen molar-refractivity contribution in [3.63, 3.8) is 0 Å². The lowest BCUT2D eigenvalue weighted by atomic mass is 10.1. The second kappa shape index (κ2) is 11.9. The van der Waals surface area contributed by atoms with E-state index in [1.165, 1.54) is 11.6 Å². The van der Waals surface area contributed by atoms with Gasteiger partial charge in [0.15, 0.2) is 5.96 Å². The lowest BCUT2D eigenvalue weighted by Crippen LogP contribution is -2.38. The Morgan fingerprint density at radius 3 is 2.64 bits per heavy atom. The Morgan fingerprint density at radius 2 is 2.00 bits per heavy atom. The number of benzene rings is 1. The van der Waals surface area contributed by atoms with Gasteiger partial charge < -0.3 is 15.5 Å².